The van der Waals surface area contributed by atoms with Crippen LogP contribution >= 0.6 is 19.2 Å². The van der Waals surface area contributed by atoms with Crippen LogP contribution < -0.4 is 11.2 Å². The third-order valence-electron chi connectivity index (χ3n) is 4.19. The highest BCUT2D eigenvalue weighted by Crippen LogP contribution is 2.48. The molecule has 2 N–H and O–H groups in total. The minimum atomic E-state index is -3.59. The van der Waals surface area contributed by atoms with E-state index in [4.69, 9.17) is 30.8 Å². The van der Waals surface area contributed by atoms with Gasteiger partial charge in [0.2, 0.25) is 5.50 Å². The van der Waals surface area contributed by atoms with E-state index in [1.807, 2.05) is 18.4 Å². The Morgan fingerprint density at radius 1 is 1.31 bits per heavy atom. The van der Waals surface area contributed by atoms with Crippen LogP contribution in [0.15, 0.2) is 22.6 Å². The van der Waals surface area contributed by atoms with Crippen molar-refractivity contribution in [3.63, 3.8) is 0 Å². The minimum absolute atomic E-state index is 0.0737. The van der Waals surface area contributed by atoms with Crippen LogP contribution in [-0.4, -0.2) is 22.8 Å². The van der Waals surface area contributed by atoms with Crippen molar-refractivity contribution in [2.24, 2.45) is 5.92 Å². The van der Waals surface area contributed by atoms with Crippen molar-refractivity contribution in [3.05, 3.63) is 29.0 Å². The molecule has 0 radical (unpaired) electrons. The van der Waals surface area contributed by atoms with E-state index in [-0.39, 0.29) is 40.9 Å². The first-order chi connectivity index (χ1) is 13.7. The molecule has 0 aliphatic carbocycles. The average Bonchev–Trinajstić information content (AvgIpc) is 3.25. The zero-order valence-electron chi connectivity index (χ0n) is 16.7. The molecule has 7 nitrogen and oxygen atoms in total. The van der Waals surface area contributed by atoms with E-state index in [0.717, 1.165) is 0 Å². The van der Waals surface area contributed by atoms with Crippen LogP contribution in [0.1, 0.15) is 27.7 Å². The lowest BCUT2D eigenvalue weighted by molar-refractivity contribution is 0.225. The predicted molar refractivity (Wildman–Crippen MR) is 112 cm³/mol. The van der Waals surface area contributed by atoms with Gasteiger partial charge in [-0.1, -0.05) is 25.4 Å². The quantitative estimate of drug-likeness (QED) is 0.379. The third-order valence-corrected chi connectivity index (χ3v) is 6.45. The number of rotatable bonds is 8. The molecule has 0 fully saturated rings. The first-order valence-corrected chi connectivity index (χ1v) is 11.3. The highest BCUT2D eigenvalue weighted by Gasteiger charge is 2.32. The number of nitrogens with two attached hydrogens (primary N) is 1. The number of nitrogen functional groups attached to an aromatic ring is 1. The summed E-state index contributed by atoms with van der Waals surface area (Å²) in [4.78, 5) is 4.49. The number of furan rings is 1. The highest BCUT2D eigenvalue weighted by molar-refractivity contribution is 7.61. The second kappa shape index (κ2) is 8.48. The summed E-state index contributed by atoms with van der Waals surface area (Å²) >= 11 is 6.31. The second-order valence-electron chi connectivity index (χ2n) is 6.86. The molecule has 0 amide bonds. The average molecular weight is 444 g/mol. The molecule has 0 saturated heterocycles. The van der Waals surface area contributed by atoms with E-state index in [1.54, 1.807) is 19.9 Å². The molecule has 0 aliphatic rings. The van der Waals surface area contributed by atoms with E-state index < -0.39 is 13.4 Å². The molecule has 2 heterocycles. The van der Waals surface area contributed by atoms with Crippen LogP contribution in [0.5, 0.6) is 0 Å². The van der Waals surface area contributed by atoms with Crippen LogP contribution in [0.2, 0.25) is 5.02 Å². The van der Waals surface area contributed by atoms with Crippen LogP contribution in [0.25, 0.3) is 22.6 Å². The minimum Gasteiger partial charge on any atom is -0.445 e. The van der Waals surface area contributed by atoms with Crippen molar-refractivity contribution >= 4 is 41.4 Å². The lowest BCUT2D eigenvalue weighted by Gasteiger charge is -2.14. The Morgan fingerprint density at radius 2 is 1.97 bits per heavy atom. The lowest BCUT2D eigenvalue weighted by atomic mass is 10.2. The maximum absolute atomic E-state index is 14.1. The molecule has 0 aliphatic heterocycles. The Kier molecular flexibility index (Phi) is 6.39. The molecular weight excluding hydrogens is 420 g/mol. The van der Waals surface area contributed by atoms with Crippen molar-refractivity contribution in [1.82, 2.24) is 9.55 Å². The van der Waals surface area contributed by atoms with Gasteiger partial charge in [-0.2, -0.15) is 0 Å². The van der Waals surface area contributed by atoms with Gasteiger partial charge < -0.3 is 23.8 Å². The summed E-state index contributed by atoms with van der Waals surface area (Å²) in [6, 6.07) is 4.33. The summed E-state index contributed by atoms with van der Waals surface area (Å²) in [6.45, 7) is 8.44. The Balaban J connectivity index is 2.20. The van der Waals surface area contributed by atoms with Crippen molar-refractivity contribution in [2.75, 3.05) is 18.9 Å². The van der Waals surface area contributed by atoms with E-state index in [9.17, 15) is 8.96 Å². The topological polar surface area (TPSA) is 92.5 Å². The number of aromatic nitrogens is 2. The van der Waals surface area contributed by atoms with E-state index in [1.165, 1.54) is 12.1 Å². The number of benzene rings is 1. The largest absolute Gasteiger partial charge is 0.445 e. The highest BCUT2D eigenvalue weighted by atomic mass is 35.5. The maximum atomic E-state index is 14.1. The summed E-state index contributed by atoms with van der Waals surface area (Å²) in [5.41, 5.74) is 6.66. The third kappa shape index (κ3) is 4.08. The van der Waals surface area contributed by atoms with E-state index >= 15 is 0 Å². The normalized spacial score (nSPS) is 12.4. The van der Waals surface area contributed by atoms with Gasteiger partial charge in [-0.3, -0.25) is 4.57 Å². The summed E-state index contributed by atoms with van der Waals surface area (Å²) in [5, 5.41) is 0.201. The molecule has 10 heteroatoms. The fourth-order valence-corrected chi connectivity index (χ4v) is 4.85. The molecule has 0 saturated carbocycles. The molecule has 0 unspecified atom stereocenters. The number of hydrogen-bond donors (Lipinski definition) is 1. The molecular formula is C19H24ClFN3O4P. The summed E-state index contributed by atoms with van der Waals surface area (Å²) in [7, 11) is -3.59. The summed E-state index contributed by atoms with van der Waals surface area (Å²) in [5.74, 6) is 0.326. The van der Waals surface area contributed by atoms with E-state index in [0.29, 0.717) is 23.6 Å². The van der Waals surface area contributed by atoms with Crippen molar-refractivity contribution in [2.45, 2.75) is 34.2 Å². The first kappa shape index (κ1) is 21.8. The van der Waals surface area contributed by atoms with Crippen molar-refractivity contribution in [3.8, 4) is 11.6 Å². The first-order valence-electron chi connectivity index (χ1n) is 9.35. The van der Waals surface area contributed by atoms with Gasteiger partial charge >= 0.3 is 7.60 Å². The Labute approximate surface area is 173 Å². The molecule has 158 valence electrons. The van der Waals surface area contributed by atoms with E-state index in [2.05, 4.69) is 4.98 Å². The summed E-state index contributed by atoms with van der Waals surface area (Å²) < 4.78 is 45.4. The monoisotopic (exact) mass is 443 g/mol. The Morgan fingerprint density at radius 3 is 2.55 bits per heavy atom. The molecule has 1 aromatic carbocycles. The number of halogens is 2. The van der Waals surface area contributed by atoms with Gasteiger partial charge in [0, 0.05) is 6.54 Å². The summed E-state index contributed by atoms with van der Waals surface area (Å²) in [6.07, 6.45) is 0. The van der Waals surface area contributed by atoms with Gasteiger partial charge in [-0.25, -0.2) is 9.37 Å². The van der Waals surface area contributed by atoms with Crippen LogP contribution in [-0.2, 0) is 20.2 Å². The number of anilines is 1. The predicted octanol–water partition coefficient (Wildman–Crippen LogP) is 5.22. The van der Waals surface area contributed by atoms with Gasteiger partial charge in [0.25, 0.3) is 0 Å². The fraction of sp³-hybridized carbons (Fsp3) is 0.421. The molecule has 0 spiro atoms. The zero-order valence-corrected chi connectivity index (χ0v) is 18.4. The standard InChI is InChI=1S/C19H24ClFN3O4P/c1-5-26-29(25,27-6-2)15-8-7-14(28-15)19-23-17-16(22)13(21)9-12(20)18(17)24(19)10-11(3)4/h7-9,11H,5-6,10,22H2,1-4H3. The zero-order chi connectivity index (χ0) is 21.3. The van der Waals surface area contributed by atoms with Gasteiger partial charge in [0.05, 0.1) is 29.4 Å². The number of hydrogen-bond acceptors (Lipinski definition) is 6. The fourth-order valence-electron chi connectivity index (χ4n) is 3.08. The number of fused-ring (bicyclic) bond motifs is 1. The Hall–Kier alpha value is -1.86. The van der Waals surface area contributed by atoms with Gasteiger partial charge in [0.15, 0.2) is 11.6 Å². The molecule has 2 aromatic heterocycles. The Bertz CT molecular complexity index is 1070. The number of nitrogens with zero attached hydrogens (tertiary/aromatic N) is 2. The van der Waals surface area contributed by atoms with Crippen molar-refractivity contribution < 1.29 is 22.4 Å². The molecule has 3 aromatic rings. The number of imidazole rings is 1. The van der Waals surface area contributed by atoms with Gasteiger partial charge in [0.1, 0.15) is 11.3 Å². The maximum Gasteiger partial charge on any atom is 0.396 e. The SMILES string of the molecule is CCOP(=O)(OCC)c1ccc(-c2nc3c(N)c(F)cc(Cl)c3n2CC(C)C)o1. The van der Waals surface area contributed by atoms with Crippen LogP contribution in [0.4, 0.5) is 10.1 Å². The molecule has 29 heavy (non-hydrogen) atoms. The smallest absolute Gasteiger partial charge is 0.396 e. The van der Waals surface area contributed by atoms with Crippen LogP contribution in [0.3, 0.4) is 0 Å². The molecule has 3 rings (SSSR count). The molecule has 0 atom stereocenters. The van der Waals surface area contributed by atoms with Gasteiger partial charge in [-0.05, 0) is 38.0 Å². The lowest BCUT2D eigenvalue weighted by Crippen LogP contribution is -2.09. The van der Waals surface area contributed by atoms with Crippen molar-refractivity contribution in [1.29, 1.82) is 0 Å². The van der Waals surface area contributed by atoms with Crippen LogP contribution in [0, 0.1) is 11.7 Å². The second-order valence-corrected chi connectivity index (χ2v) is 9.22. The molecule has 0 bridgehead atoms. The van der Waals surface area contributed by atoms with Gasteiger partial charge in [-0.15, -0.1) is 0 Å².